The Morgan fingerprint density at radius 3 is 2.72 bits per heavy atom. The lowest BCUT2D eigenvalue weighted by atomic mass is 9.85. The fourth-order valence-electron chi connectivity index (χ4n) is 4.04. The molecular formula is C22H25N5O2. The highest BCUT2D eigenvalue weighted by atomic mass is 16.2. The topological polar surface area (TPSA) is 91.0 Å². The van der Waals surface area contributed by atoms with E-state index < -0.39 is 0 Å². The summed E-state index contributed by atoms with van der Waals surface area (Å²) in [5, 5.41) is 13.8. The van der Waals surface area contributed by atoms with E-state index in [0.717, 1.165) is 18.4 Å². The van der Waals surface area contributed by atoms with Gasteiger partial charge in [0.25, 0.3) is 5.91 Å². The number of likely N-dealkylation sites (tertiary alicyclic amines) is 1. The molecule has 29 heavy (non-hydrogen) atoms. The van der Waals surface area contributed by atoms with Crippen molar-refractivity contribution < 1.29 is 9.59 Å². The fourth-order valence-corrected chi connectivity index (χ4v) is 4.04. The Kier molecular flexibility index (Phi) is 5.55. The Morgan fingerprint density at radius 2 is 1.93 bits per heavy atom. The van der Waals surface area contributed by atoms with Gasteiger partial charge >= 0.3 is 0 Å². The third-order valence-corrected chi connectivity index (χ3v) is 5.51. The Hall–Kier alpha value is -3.22. The largest absolute Gasteiger partial charge is 0.351 e. The van der Waals surface area contributed by atoms with Crippen molar-refractivity contribution in [3.63, 3.8) is 0 Å². The summed E-state index contributed by atoms with van der Waals surface area (Å²) < 4.78 is 0. The van der Waals surface area contributed by atoms with Gasteiger partial charge in [-0.05, 0) is 36.6 Å². The number of nitrogens with one attached hydrogen (secondary N) is 2. The second-order valence-corrected chi connectivity index (χ2v) is 7.51. The van der Waals surface area contributed by atoms with Crippen molar-refractivity contribution in [3.05, 3.63) is 59.7 Å². The monoisotopic (exact) mass is 391 g/mol. The molecule has 0 spiro atoms. The lowest BCUT2D eigenvalue weighted by Crippen LogP contribution is -2.53. The molecule has 150 valence electrons. The minimum absolute atomic E-state index is 0.0387. The van der Waals surface area contributed by atoms with E-state index in [-0.39, 0.29) is 23.8 Å². The van der Waals surface area contributed by atoms with Gasteiger partial charge in [-0.3, -0.25) is 9.59 Å². The van der Waals surface area contributed by atoms with Crippen LogP contribution in [0.4, 0.5) is 0 Å². The van der Waals surface area contributed by atoms with Crippen molar-refractivity contribution >= 4 is 22.8 Å². The second-order valence-electron chi connectivity index (χ2n) is 7.51. The number of hydrogen-bond donors (Lipinski definition) is 2. The third-order valence-electron chi connectivity index (χ3n) is 5.51. The molecule has 2 N–H and O–H groups in total. The first-order valence-corrected chi connectivity index (χ1v) is 10.1. The van der Waals surface area contributed by atoms with E-state index in [1.807, 2.05) is 30.0 Å². The standard InChI is InChI=1S/C22H25N5O2/c1-2-6-21(28)23-20-14-27(12-11-17(20)15-7-4-3-5-8-15)22(29)16-9-10-18-19(13-16)25-26-24-18/h3-5,7-10,13,17,20H,2,6,11-12,14H2,1H3,(H,23,28)(H,24,25,26)/t17-,20+/m0/s1. The van der Waals surface area contributed by atoms with Gasteiger partial charge in [-0.1, -0.05) is 37.3 Å². The summed E-state index contributed by atoms with van der Waals surface area (Å²) in [4.78, 5) is 27.3. The van der Waals surface area contributed by atoms with Gasteiger partial charge in [-0.25, -0.2) is 0 Å². The zero-order chi connectivity index (χ0) is 20.2. The molecule has 2 atom stereocenters. The molecule has 2 heterocycles. The molecule has 0 unspecified atom stereocenters. The number of aromatic amines is 1. The van der Waals surface area contributed by atoms with Gasteiger partial charge < -0.3 is 10.2 Å². The molecule has 1 aliphatic rings. The van der Waals surface area contributed by atoms with Gasteiger partial charge in [0.1, 0.15) is 11.0 Å². The van der Waals surface area contributed by atoms with Crippen LogP contribution >= 0.6 is 0 Å². The van der Waals surface area contributed by atoms with E-state index in [1.54, 1.807) is 18.2 Å². The van der Waals surface area contributed by atoms with Crippen LogP contribution in [-0.4, -0.2) is 51.3 Å². The van der Waals surface area contributed by atoms with Crippen LogP contribution in [0.5, 0.6) is 0 Å². The number of amides is 2. The molecule has 1 fully saturated rings. The van der Waals surface area contributed by atoms with Crippen molar-refractivity contribution in [1.82, 2.24) is 25.6 Å². The summed E-state index contributed by atoms with van der Waals surface area (Å²) in [7, 11) is 0. The molecule has 7 heteroatoms. The molecular weight excluding hydrogens is 366 g/mol. The van der Waals surface area contributed by atoms with Crippen LogP contribution in [0.15, 0.2) is 48.5 Å². The molecule has 0 aliphatic carbocycles. The van der Waals surface area contributed by atoms with Gasteiger partial charge in [-0.2, -0.15) is 15.4 Å². The Morgan fingerprint density at radius 1 is 1.14 bits per heavy atom. The van der Waals surface area contributed by atoms with Crippen LogP contribution in [0.1, 0.15) is 48.0 Å². The number of carbonyl (C=O) groups is 2. The number of nitrogens with zero attached hydrogens (tertiary/aromatic N) is 3. The average Bonchev–Trinajstić information content (AvgIpc) is 3.22. The lowest BCUT2D eigenvalue weighted by molar-refractivity contribution is -0.122. The highest BCUT2D eigenvalue weighted by molar-refractivity contribution is 5.97. The normalized spacial score (nSPS) is 19.3. The highest BCUT2D eigenvalue weighted by Gasteiger charge is 2.33. The van der Waals surface area contributed by atoms with Crippen LogP contribution < -0.4 is 5.32 Å². The summed E-state index contributed by atoms with van der Waals surface area (Å²) in [5.41, 5.74) is 3.19. The van der Waals surface area contributed by atoms with E-state index in [1.165, 1.54) is 5.56 Å². The van der Waals surface area contributed by atoms with Crippen LogP contribution in [0, 0.1) is 0 Å². The van der Waals surface area contributed by atoms with E-state index in [4.69, 9.17) is 0 Å². The zero-order valence-electron chi connectivity index (χ0n) is 16.5. The molecule has 1 aliphatic heterocycles. The van der Waals surface area contributed by atoms with Gasteiger partial charge in [-0.15, -0.1) is 0 Å². The number of aromatic nitrogens is 3. The Balaban J connectivity index is 1.54. The Labute approximate surface area is 169 Å². The van der Waals surface area contributed by atoms with Gasteiger partial charge in [0.2, 0.25) is 5.91 Å². The smallest absolute Gasteiger partial charge is 0.254 e. The molecule has 3 aromatic rings. The molecule has 0 radical (unpaired) electrons. The van der Waals surface area contributed by atoms with Gasteiger partial charge in [0.15, 0.2) is 0 Å². The molecule has 1 saturated heterocycles. The predicted molar refractivity (Wildman–Crippen MR) is 110 cm³/mol. The lowest BCUT2D eigenvalue weighted by Gasteiger charge is -2.39. The maximum atomic E-state index is 13.1. The number of piperidine rings is 1. The second kappa shape index (κ2) is 8.43. The first kappa shape index (κ1) is 19.1. The maximum Gasteiger partial charge on any atom is 0.254 e. The molecule has 7 nitrogen and oxygen atoms in total. The average molecular weight is 391 g/mol. The summed E-state index contributed by atoms with van der Waals surface area (Å²) in [6, 6.07) is 15.5. The van der Waals surface area contributed by atoms with E-state index in [2.05, 4.69) is 32.9 Å². The molecule has 2 aromatic carbocycles. The number of fused-ring (bicyclic) bond motifs is 1. The molecule has 0 saturated carbocycles. The molecule has 0 bridgehead atoms. The number of hydrogen-bond acceptors (Lipinski definition) is 4. The minimum Gasteiger partial charge on any atom is -0.351 e. The van der Waals surface area contributed by atoms with Crippen LogP contribution in [0.2, 0.25) is 0 Å². The summed E-state index contributed by atoms with van der Waals surface area (Å²) in [6.07, 6.45) is 2.10. The van der Waals surface area contributed by atoms with Gasteiger partial charge in [0, 0.05) is 31.0 Å². The summed E-state index contributed by atoms with van der Waals surface area (Å²) >= 11 is 0. The van der Waals surface area contributed by atoms with Crippen LogP contribution in [-0.2, 0) is 4.79 Å². The number of H-pyrrole nitrogens is 1. The molecule has 4 rings (SSSR count). The molecule has 1 aromatic heterocycles. The molecule has 2 amide bonds. The number of rotatable bonds is 5. The zero-order valence-corrected chi connectivity index (χ0v) is 16.5. The van der Waals surface area contributed by atoms with Gasteiger partial charge in [0.05, 0.1) is 6.04 Å². The maximum absolute atomic E-state index is 13.1. The van der Waals surface area contributed by atoms with Crippen molar-refractivity contribution in [2.24, 2.45) is 0 Å². The fraction of sp³-hybridized carbons (Fsp3) is 0.364. The van der Waals surface area contributed by atoms with Crippen molar-refractivity contribution in [1.29, 1.82) is 0 Å². The first-order valence-electron chi connectivity index (χ1n) is 10.1. The van der Waals surface area contributed by atoms with Crippen molar-refractivity contribution in [3.8, 4) is 0 Å². The number of carbonyl (C=O) groups excluding carboxylic acids is 2. The quantitative estimate of drug-likeness (QED) is 0.700. The Bertz CT molecular complexity index is 1000. The summed E-state index contributed by atoms with van der Waals surface area (Å²) in [6.45, 7) is 3.13. The summed E-state index contributed by atoms with van der Waals surface area (Å²) in [5.74, 6) is 0.187. The highest BCUT2D eigenvalue weighted by Crippen LogP contribution is 2.29. The van der Waals surface area contributed by atoms with Crippen molar-refractivity contribution in [2.45, 2.75) is 38.1 Å². The SMILES string of the molecule is CCCC(=O)N[C@@H]1CN(C(=O)c2ccc3n[nH]nc3c2)CC[C@H]1c1ccccc1. The van der Waals surface area contributed by atoms with Crippen LogP contribution in [0.25, 0.3) is 11.0 Å². The van der Waals surface area contributed by atoms with Crippen LogP contribution in [0.3, 0.4) is 0 Å². The van der Waals surface area contributed by atoms with E-state index >= 15 is 0 Å². The van der Waals surface area contributed by atoms with E-state index in [9.17, 15) is 9.59 Å². The first-order chi connectivity index (χ1) is 14.2. The third kappa shape index (κ3) is 4.13. The number of benzene rings is 2. The predicted octanol–water partition coefficient (Wildman–Crippen LogP) is 2.87. The van der Waals surface area contributed by atoms with E-state index in [0.29, 0.717) is 30.6 Å². The van der Waals surface area contributed by atoms with Crippen molar-refractivity contribution in [2.75, 3.05) is 13.1 Å². The minimum atomic E-state index is -0.107.